The summed E-state index contributed by atoms with van der Waals surface area (Å²) in [6, 6.07) is -0.362. The van der Waals surface area contributed by atoms with Gasteiger partial charge in [-0.15, -0.1) is 0 Å². The Labute approximate surface area is 89.3 Å². The van der Waals surface area contributed by atoms with Crippen LogP contribution in [0.3, 0.4) is 0 Å². The Hall–Kier alpha value is -1.36. The van der Waals surface area contributed by atoms with Crippen LogP contribution in [0.5, 0.6) is 0 Å². The zero-order valence-corrected chi connectivity index (χ0v) is 9.17. The van der Waals surface area contributed by atoms with Gasteiger partial charge in [0.25, 0.3) is 5.91 Å². The highest BCUT2D eigenvalue weighted by molar-refractivity contribution is 6.06. The van der Waals surface area contributed by atoms with Gasteiger partial charge >= 0.3 is 6.03 Å². The Kier molecular flexibility index (Phi) is 3.14. The lowest BCUT2D eigenvalue weighted by Crippen LogP contribution is -2.43. The van der Waals surface area contributed by atoms with E-state index in [0.29, 0.717) is 12.0 Å². The molecule has 0 radical (unpaired) electrons. The molecule has 0 saturated carbocycles. The lowest BCUT2D eigenvalue weighted by Gasteiger charge is -2.19. The summed E-state index contributed by atoms with van der Waals surface area (Å²) in [6.07, 6.45) is 0.573. The molecule has 1 aliphatic rings. The lowest BCUT2D eigenvalue weighted by molar-refractivity contribution is -0.130. The van der Waals surface area contributed by atoms with Crippen molar-refractivity contribution in [3.63, 3.8) is 0 Å². The van der Waals surface area contributed by atoms with E-state index in [0.717, 1.165) is 0 Å². The average molecular weight is 211 g/mol. The van der Waals surface area contributed by atoms with Crippen LogP contribution in [0, 0.1) is 0 Å². The monoisotopic (exact) mass is 211 g/mol. The average Bonchev–Trinajstić information content (AvgIpc) is 2.42. The maximum Gasteiger partial charge on any atom is 0.325 e. The number of rotatable bonds is 4. The van der Waals surface area contributed by atoms with E-state index in [2.05, 4.69) is 11.9 Å². The highest BCUT2D eigenvalue weighted by Crippen LogP contribution is 2.21. The summed E-state index contributed by atoms with van der Waals surface area (Å²) in [5, 5.41) is 2.66. The molecule has 0 aliphatic carbocycles. The van der Waals surface area contributed by atoms with Gasteiger partial charge in [-0.05, 0) is 18.9 Å². The number of urea groups is 1. The fourth-order valence-electron chi connectivity index (χ4n) is 1.42. The first-order chi connectivity index (χ1) is 6.94. The second-order valence-electron chi connectivity index (χ2n) is 3.96. The molecule has 0 aromatic rings. The van der Waals surface area contributed by atoms with Crippen molar-refractivity contribution in [3.05, 3.63) is 12.2 Å². The highest BCUT2D eigenvalue weighted by Gasteiger charge is 2.46. The van der Waals surface area contributed by atoms with Crippen molar-refractivity contribution in [2.75, 3.05) is 13.1 Å². The van der Waals surface area contributed by atoms with Crippen molar-refractivity contribution >= 4 is 11.9 Å². The minimum absolute atomic E-state index is 0.204. The van der Waals surface area contributed by atoms with Gasteiger partial charge in [0.2, 0.25) is 0 Å². The van der Waals surface area contributed by atoms with Gasteiger partial charge in [0, 0.05) is 6.54 Å². The number of nitrogens with zero attached hydrogens (tertiary/aromatic N) is 1. The standard InChI is InChI=1S/C10H17N3O2/c1-4-10(3)8(14)13(9(15)12-10)6-7(2)5-11/h2,4-6,11H2,1,3H3,(H,12,15). The number of nitrogens with two attached hydrogens (primary N) is 1. The van der Waals surface area contributed by atoms with E-state index in [1.54, 1.807) is 6.92 Å². The molecule has 0 bridgehead atoms. The van der Waals surface area contributed by atoms with E-state index in [1.807, 2.05) is 6.92 Å². The van der Waals surface area contributed by atoms with E-state index in [1.165, 1.54) is 4.90 Å². The van der Waals surface area contributed by atoms with E-state index in [-0.39, 0.29) is 25.0 Å². The Morgan fingerprint density at radius 1 is 1.60 bits per heavy atom. The molecular formula is C10H17N3O2. The van der Waals surface area contributed by atoms with Crippen LogP contribution in [0.2, 0.25) is 0 Å². The van der Waals surface area contributed by atoms with Gasteiger partial charge in [-0.1, -0.05) is 13.5 Å². The second-order valence-corrected chi connectivity index (χ2v) is 3.96. The quantitative estimate of drug-likeness (QED) is 0.516. The summed E-state index contributed by atoms with van der Waals surface area (Å²) in [6.45, 7) is 7.74. The largest absolute Gasteiger partial charge is 0.327 e. The van der Waals surface area contributed by atoms with Crippen LogP contribution < -0.4 is 11.1 Å². The molecule has 1 rings (SSSR count). The van der Waals surface area contributed by atoms with Gasteiger partial charge in [-0.3, -0.25) is 9.69 Å². The predicted molar refractivity (Wildman–Crippen MR) is 57.1 cm³/mol. The van der Waals surface area contributed by atoms with Gasteiger partial charge in [-0.2, -0.15) is 0 Å². The third-order valence-electron chi connectivity index (χ3n) is 2.72. The molecule has 3 amide bonds. The van der Waals surface area contributed by atoms with Crippen LogP contribution in [0.1, 0.15) is 20.3 Å². The molecule has 1 saturated heterocycles. The highest BCUT2D eigenvalue weighted by atomic mass is 16.2. The second kappa shape index (κ2) is 4.02. The summed E-state index contributed by atoms with van der Waals surface area (Å²) in [7, 11) is 0. The maximum atomic E-state index is 11.9. The zero-order valence-electron chi connectivity index (χ0n) is 9.17. The number of hydrogen-bond acceptors (Lipinski definition) is 3. The number of amides is 3. The maximum absolute atomic E-state index is 11.9. The lowest BCUT2D eigenvalue weighted by atomic mass is 9.99. The normalized spacial score (nSPS) is 25.7. The van der Waals surface area contributed by atoms with Crippen LogP contribution in [-0.4, -0.2) is 35.5 Å². The van der Waals surface area contributed by atoms with Crippen molar-refractivity contribution in [3.8, 4) is 0 Å². The summed E-state index contributed by atoms with van der Waals surface area (Å²) >= 11 is 0. The van der Waals surface area contributed by atoms with Gasteiger partial charge in [-0.25, -0.2) is 4.79 Å². The SMILES string of the molecule is C=C(CN)CN1C(=O)NC(C)(CC)C1=O. The van der Waals surface area contributed by atoms with E-state index >= 15 is 0 Å². The van der Waals surface area contributed by atoms with E-state index < -0.39 is 5.54 Å². The molecule has 5 heteroatoms. The van der Waals surface area contributed by atoms with Crippen molar-refractivity contribution in [2.24, 2.45) is 5.73 Å². The molecule has 1 heterocycles. The fraction of sp³-hybridized carbons (Fsp3) is 0.600. The van der Waals surface area contributed by atoms with Gasteiger partial charge < -0.3 is 11.1 Å². The summed E-state index contributed by atoms with van der Waals surface area (Å²) in [5.41, 5.74) is 5.27. The Balaban J connectivity index is 2.80. The first-order valence-electron chi connectivity index (χ1n) is 4.95. The minimum atomic E-state index is -0.772. The Morgan fingerprint density at radius 2 is 2.20 bits per heavy atom. The summed E-state index contributed by atoms with van der Waals surface area (Å²) in [4.78, 5) is 24.6. The number of carbonyl (C=O) groups is 2. The zero-order chi connectivity index (χ0) is 11.6. The molecule has 5 nitrogen and oxygen atoms in total. The smallest absolute Gasteiger partial charge is 0.325 e. The minimum Gasteiger partial charge on any atom is -0.327 e. The number of nitrogens with one attached hydrogen (secondary N) is 1. The molecule has 1 fully saturated rings. The molecule has 1 aliphatic heterocycles. The van der Waals surface area contributed by atoms with E-state index in [4.69, 9.17) is 5.73 Å². The molecule has 0 spiro atoms. The van der Waals surface area contributed by atoms with Gasteiger partial charge in [0.1, 0.15) is 5.54 Å². The topological polar surface area (TPSA) is 75.4 Å². The predicted octanol–water partition coefficient (Wildman–Crippen LogP) is 0.222. The molecule has 1 atom stereocenters. The Bertz CT molecular complexity index is 314. The van der Waals surface area contributed by atoms with Gasteiger partial charge in [0.15, 0.2) is 0 Å². The number of imide groups is 1. The molecule has 1 unspecified atom stereocenters. The van der Waals surface area contributed by atoms with Gasteiger partial charge in [0.05, 0.1) is 6.54 Å². The van der Waals surface area contributed by atoms with Crippen molar-refractivity contribution < 1.29 is 9.59 Å². The molecule has 15 heavy (non-hydrogen) atoms. The number of carbonyl (C=O) groups excluding carboxylic acids is 2. The van der Waals surface area contributed by atoms with E-state index in [9.17, 15) is 9.59 Å². The van der Waals surface area contributed by atoms with Crippen molar-refractivity contribution in [1.82, 2.24) is 10.2 Å². The summed E-state index contributed by atoms with van der Waals surface area (Å²) in [5.74, 6) is -0.204. The Morgan fingerprint density at radius 3 is 2.60 bits per heavy atom. The third kappa shape index (κ3) is 2.02. The van der Waals surface area contributed by atoms with Crippen LogP contribution in [-0.2, 0) is 4.79 Å². The van der Waals surface area contributed by atoms with Crippen molar-refractivity contribution in [1.29, 1.82) is 0 Å². The first kappa shape index (κ1) is 11.7. The molecular weight excluding hydrogens is 194 g/mol. The summed E-state index contributed by atoms with van der Waals surface area (Å²) < 4.78 is 0. The fourth-order valence-corrected chi connectivity index (χ4v) is 1.42. The van der Waals surface area contributed by atoms with Crippen molar-refractivity contribution in [2.45, 2.75) is 25.8 Å². The number of hydrogen-bond donors (Lipinski definition) is 2. The van der Waals surface area contributed by atoms with Crippen LogP contribution >= 0.6 is 0 Å². The van der Waals surface area contributed by atoms with Crippen LogP contribution in [0.15, 0.2) is 12.2 Å². The molecule has 3 N–H and O–H groups in total. The molecule has 0 aromatic heterocycles. The van der Waals surface area contributed by atoms with Crippen LogP contribution in [0.4, 0.5) is 4.79 Å². The third-order valence-corrected chi connectivity index (χ3v) is 2.72. The molecule has 0 aromatic carbocycles. The first-order valence-corrected chi connectivity index (χ1v) is 4.95. The van der Waals surface area contributed by atoms with Crippen LogP contribution in [0.25, 0.3) is 0 Å². The molecule has 84 valence electrons.